The molecule has 0 fully saturated rings. The lowest BCUT2D eigenvalue weighted by Gasteiger charge is -2.12. The van der Waals surface area contributed by atoms with Gasteiger partial charge in [-0.25, -0.2) is 0 Å². The van der Waals surface area contributed by atoms with Crippen LogP contribution in [0.3, 0.4) is 0 Å². The number of carbonyl (C=O) groups excluding carboxylic acids is 1. The Bertz CT molecular complexity index is 342. The Morgan fingerprint density at radius 1 is 0.607 bits per heavy atom. The molecule has 0 bridgehead atoms. The first-order chi connectivity index (χ1) is 13.5. The molecule has 0 rings (SSSR count). The molecular weight excluding hydrogens is 368 g/mol. The lowest BCUT2D eigenvalue weighted by molar-refractivity contribution is -0.138. The van der Waals surface area contributed by atoms with E-state index in [-0.39, 0.29) is 0 Å². The maximum atomic E-state index is 11.3. The summed E-state index contributed by atoms with van der Waals surface area (Å²) in [6.45, 7) is 3.46. The van der Waals surface area contributed by atoms with E-state index in [0.29, 0.717) is 6.42 Å². The van der Waals surface area contributed by atoms with Crippen molar-refractivity contribution in [2.45, 2.75) is 142 Å². The van der Waals surface area contributed by atoms with Crippen molar-refractivity contribution in [3.8, 4) is 0 Å². The highest BCUT2D eigenvalue weighted by Crippen LogP contribution is 2.15. The van der Waals surface area contributed by atoms with Crippen molar-refractivity contribution < 1.29 is 18.8 Å². The van der Waals surface area contributed by atoms with Gasteiger partial charge >= 0.3 is 8.80 Å². The van der Waals surface area contributed by atoms with Crippen molar-refractivity contribution in [1.82, 2.24) is 0 Å². The first-order valence-corrected chi connectivity index (χ1v) is 14.4. The topological polar surface area (TPSA) is 66.8 Å². The zero-order valence-electron chi connectivity index (χ0n) is 18.9. The molecule has 0 atom stereocenters. The minimum atomic E-state index is -3.68. The molecule has 0 spiro atoms. The van der Waals surface area contributed by atoms with E-state index in [1.807, 2.05) is 0 Å². The van der Waals surface area contributed by atoms with Crippen molar-refractivity contribution in [2.75, 3.05) is 0 Å². The van der Waals surface area contributed by atoms with Gasteiger partial charge in [-0.1, -0.05) is 122 Å². The fraction of sp³-hybridized carbons (Fsp3) is 0.957. The van der Waals surface area contributed by atoms with E-state index in [2.05, 4.69) is 11.3 Å². The molecule has 0 aliphatic carbocycles. The fourth-order valence-corrected chi connectivity index (χ4v) is 4.15. The highest BCUT2D eigenvalue weighted by molar-refractivity contribution is 6.57. The molecule has 168 valence electrons. The van der Waals surface area contributed by atoms with E-state index in [0.717, 1.165) is 19.3 Å². The van der Waals surface area contributed by atoms with Gasteiger partial charge in [-0.3, -0.25) is 4.79 Å². The van der Waals surface area contributed by atoms with Crippen molar-refractivity contribution in [2.24, 2.45) is 0 Å². The van der Waals surface area contributed by atoms with Crippen LogP contribution >= 0.6 is 0 Å². The van der Waals surface area contributed by atoms with Crippen molar-refractivity contribution in [1.29, 1.82) is 0 Å². The Hall–Kier alpha value is -0.393. The maximum absolute atomic E-state index is 11.3. The number of carbonyl (C=O) groups is 1. The summed E-state index contributed by atoms with van der Waals surface area (Å²) in [5.74, 6) is -0.480. The minimum Gasteiger partial charge on any atom is -0.474 e. The standard InChI is InChI=1S/C23H48O4Si/c1-3-4-5-6-7-8-9-10-11-12-13-14-15-16-17-18-19-20-21-22-23(24)27-28(2,25)26/h25-26H,3-22H2,1-2H3. The molecule has 0 unspecified atom stereocenters. The monoisotopic (exact) mass is 416 g/mol. The van der Waals surface area contributed by atoms with E-state index in [1.54, 1.807) is 0 Å². The molecule has 4 nitrogen and oxygen atoms in total. The van der Waals surface area contributed by atoms with Crippen LogP contribution in [0.1, 0.15) is 135 Å². The molecule has 0 heterocycles. The summed E-state index contributed by atoms with van der Waals surface area (Å²) in [5.41, 5.74) is 0. The van der Waals surface area contributed by atoms with E-state index in [4.69, 9.17) is 9.59 Å². The van der Waals surface area contributed by atoms with Crippen LogP contribution in [0.5, 0.6) is 0 Å². The van der Waals surface area contributed by atoms with Gasteiger partial charge < -0.3 is 14.0 Å². The SMILES string of the molecule is CCCCCCCCCCCCCCCCCCCCCC(=O)O[Si](C)(O)O. The molecule has 0 aromatic heterocycles. The lowest BCUT2D eigenvalue weighted by Crippen LogP contribution is -2.37. The molecule has 0 saturated carbocycles. The van der Waals surface area contributed by atoms with Gasteiger partial charge in [-0.15, -0.1) is 0 Å². The van der Waals surface area contributed by atoms with Crippen LogP contribution in [0.2, 0.25) is 6.55 Å². The molecule has 0 aromatic rings. The molecule has 5 heteroatoms. The van der Waals surface area contributed by atoms with Crippen LogP contribution in [0, 0.1) is 0 Å². The highest BCUT2D eigenvalue weighted by Gasteiger charge is 2.28. The van der Waals surface area contributed by atoms with E-state index >= 15 is 0 Å². The third kappa shape index (κ3) is 23.6. The summed E-state index contributed by atoms with van der Waals surface area (Å²) in [5, 5.41) is 0. The van der Waals surface area contributed by atoms with Crippen LogP contribution in [0.15, 0.2) is 0 Å². The quantitative estimate of drug-likeness (QED) is 0.158. The van der Waals surface area contributed by atoms with Crippen LogP contribution in [0.4, 0.5) is 0 Å². The zero-order chi connectivity index (χ0) is 20.9. The van der Waals surface area contributed by atoms with Crippen LogP contribution < -0.4 is 0 Å². The van der Waals surface area contributed by atoms with Crippen molar-refractivity contribution in [3.05, 3.63) is 0 Å². The first-order valence-electron chi connectivity index (χ1n) is 12.1. The second-order valence-corrected chi connectivity index (χ2v) is 10.6. The van der Waals surface area contributed by atoms with Gasteiger partial charge in [0.1, 0.15) is 0 Å². The fourth-order valence-electron chi connectivity index (χ4n) is 3.61. The minimum absolute atomic E-state index is 0.294. The van der Waals surface area contributed by atoms with Gasteiger partial charge in [0, 0.05) is 13.0 Å². The number of hydrogen-bond donors (Lipinski definition) is 2. The van der Waals surface area contributed by atoms with E-state index in [1.165, 1.54) is 109 Å². The Kier molecular flexibility index (Phi) is 19.6. The summed E-state index contributed by atoms with van der Waals surface area (Å²) in [4.78, 5) is 29.5. The molecule has 0 aliphatic rings. The van der Waals surface area contributed by atoms with Gasteiger partial charge in [0.25, 0.3) is 5.97 Å². The van der Waals surface area contributed by atoms with Gasteiger partial charge in [0.15, 0.2) is 0 Å². The molecule has 2 N–H and O–H groups in total. The second kappa shape index (κ2) is 19.9. The van der Waals surface area contributed by atoms with Crippen LogP contribution in [-0.2, 0) is 9.22 Å². The van der Waals surface area contributed by atoms with E-state index < -0.39 is 14.8 Å². The molecule has 28 heavy (non-hydrogen) atoms. The lowest BCUT2D eigenvalue weighted by atomic mass is 10.0. The van der Waals surface area contributed by atoms with Gasteiger partial charge in [0.2, 0.25) is 0 Å². The predicted octanol–water partition coefficient (Wildman–Crippen LogP) is 6.90. The number of hydrogen-bond acceptors (Lipinski definition) is 4. The summed E-state index contributed by atoms with van der Waals surface area (Å²) >= 11 is 0. The average Bonchev–Trinajstić information content (AvgIpc) is 2.62. The molecule has 0 aliphatic heterocycles. The smallest absolute Gasteiger partial charge is 0.474 e. The maximum Gasteiger partial charge on any atom is 0.559 e. The highest BCUT2D eigenvalue weighted by atomic mass is 28.4. The summed E-state index contributed by atoms with van der Waals surface area (Å²) in [6.07, 6.45) is 25.5. The molecule has 0 saturated heterocycles. The van der Waals surface area contributed by atoms with Crippen molar-refractivity contribution in [3.63, 3.8) is 0 Å². The van der Waals surface area contributed by atoms with Gasteiger partial charge in [-0.05, 0) is 6.42 Å². The third-order valence-electron chi connectivity index (χ3n) is 5.29. The molecule has 0 radical (unpaired) electrons. The van der Waals surface area contributed by atoms with Crippen molar-refractivity contribution >= 4 is 14.8 Å². The molecule has 0 aromatic carbocycles. The summed E-state index contributed by atoms with van der Waals surface area (Å²) < 4.78 is 4.59. The Balaban J connectivity index is 3.11. The average molecular weight is 417 g/mol. The number of rotatable bonds is 21. The summed E-state index contributed by atoms with van der Waals surface area (Å²) in [6, 6.07) is 0. The van der Waals surface area contributed by atoms with E-state index in [9.17, 15) is 4.79 Å². The predicted molar refractivity (Wildman–Crippen MR) is 120 cm³/mol. The second-order valence-electron chi connectivity index (χ2n) is 8.52. The Morgan fingerprint density at radius 2 is 0.893 bits per heavy atom. The Morgan fingerprint density at radius 3 is 1.18 bits per heavy atom. The summed E-state index contributed by atoms with van der Waals surface area (Å²) in [7, 11) is -3.68. The largest absolute Gasteiger partial charge is 0.559 e. The normalized spacial score (nSPS) is 11.7. The third-order valence-corrected chi connectivity index (χ3v) is 5.91. The molecular formula is C23H48O4Si. The zero-order valence-corrected chi connectivity index (χ0v) is 19.9. The Labute approximate surface area is 175 Å². The number of unbranched alkanes of at least 4 members (excludes halogenated alkanes) is 18. The van der Waals surface area contributed by atoms with Crippen LogP contribution in [0.25, 0.3) is 0 Å². The van der Waals surface area contributed by atoms with Gasteiger partial charge in [0.05, 0.1) is 0 Å². The first kappa shape index (κ1) is 27.6. The molecule has 0 amide bonds. The van der Waals surface area contributed by atoms with Crippen LogP contribution in [-0.4, -0.2) is 24.4 Å². The van der Waals surface area contributed by atoms with Gasteiger partial charge in [-0.2, -0.15) is 0 Å².